The van der Waals surface area contributed by atoms with Crippen LogP contribution in [0.1, 0.15) is 11.1 Å². The summed E-state index contributed by atoms with van der Waals surface area (Å²) in [7, 11) is 1.20. The molecule has 6 nitrogen and oxygen atoms in total. The van der Waals surface area contributed by atoms with Gasteiger partial charge in [0.2, 0.25) is 0 Å². The Morgan fingerprint density at radius 2 is 1.81 bits per heavy atom. The summed E-state index contributed by atoms with van der Waals surface area (Å²) >= 11 is 0. The summed E-state index contributed by atoms with van der Waals surface area (Å²) < 4.78 is 51.8. The van der Waals surface area contributed by atoms with Crippen molar-refractivity contribution in [3.05, 3.63) is 93.6 Å². The lowest BCUT2D eigenvalue weighted by Crippen LogP contribution is -2.25. The van der Waals surface area contributed by atoms with E-state index in [9.17, 15) is 22.8 Å². The predicted octanol–water partition coefficient (Wildman–Crippen LogP) is 4.68. The summed E-state index contributed by atoms with van der Waals surface area (Å²) in [5.74, 6) is -0.424. The molecule has 9 heteroatoms. The third-order valence-electron chi connectivity index (χ3n) is 4.59. The molecule has 0 atom stereocenters. The molecule has 1 heterocycles. The van der Waals surface area contributed by atoms with Crippen LogP contribution in [0.15, 0.2) is 65.5 Å². The maximum absolute atomic E-state index is 13.6. The first-order valence-electron chi connectivity index (χ1n) is 9.31. The van der Waals surface area contributed by atoms with Gasteiger partial charge < -0.3 is 14.0 Å². The van der Waals surface area contributed by atoms with Crippen molar-refractivity contribution in [2.45, 2.75) is 12.7 Å². The molecule has 0 fully saturated rings. The normalized spacial score (nSPS) is 11.0. The highest BCUT2D eigenvalue weighted by atomic mass is 19.4. The summed E-state index contributed by atoms with van der Waals surface area (Å²) in [6, 6.07) is 15.4. The Labute approximate surface area is 181 Å². The van der Waals surface area contributed by atoms with E-state index in [2.05, 4.69) is 9.58 Å². The number of carbonyl (C=O) groups is 1. The number of pyridine rings is 1. The van der Waals surface area contributed by atoms with Crippen LogP contribution >= 0.6 is 0 Å². The Morgan fingerprint density at radius 1 is 1.09 bits per heavy atom. The molecule has 0 N–H and O–H groups in total. The Balaban J connectivity index is 2.19. The van der Waals surface area contributed by atoms with Crippen molar-refractivity contribution in [2.24, 2.45) is 0 Å². The molecule has 0 spiro atoms. The van der Waals surface area contributed by atoms with Crippen LogP contribution in [0.2, 0.25) is 0 Å². The van der Waals surface area contributed by atoms with Gasteiger partial charge in [-0.25, -0.2) is 9.64 Å². The Morgan fingerprint density at radius 3 is 2.44 bits per heavy atom. The highest BCUT2D eigenvalue weighted by Gasteiger charge is 2.36. The number of esters is 1. The van der Waals surface area contributed by atoms with Crippen LogP contribution in [0.3, 0.4) is 0 Å². The van der Waals surface area contributed by atoms with E-state index in [0.29, 0.717) is 5.56 Å². The van der Waals surface area contributed by atoms with Gasteiger partial charge in [0.25, 0.3) is 11.2 Å². The second-order valence-electron chi connectivity index (χ2n) is 6.67. The first-order valence-corrected chi connectivity index (χ1v) is 9.31. The third-order valence-corrected chi connectivity index (χ3v) is 4.59. The fraction of sp³-hybridized carbons (Fsp3) is 0.174. The average molecular weight is 442 g/mol. The van der Waals surface area contributed by atoms with E-state index in [4.69, 9.17) is 11.3 Å². The average Bonchev–Trinajstić information content (AvgIpc) is 2.78. The van der Waals surface area contributed by atoms with Crippen LogP contribution in [-0.4, -0.2) is 24.3 Å². The highest BCUT2D eigenvalue weighted by Crippen LogP contribution is 2.37. The number of ether oxygens (including phenoxy) is 2. The summed E-state index contributed by atoms with van der Waals surface area (Å²) in [5.41, 5.74) is -2.46. The quantitative estimate of drug-likeness (QED) is 0.411. The lowest BCUT2D eigenvalue weighted by atomic mass is 10.1. The van der Waals surface area contributed by atoms with Gasteiger partial charge in [0.1, 0.15) is 5.75 Å². The largest absolute Gasteiger partial charge is 0.482 e. The Kier molecular flexibility index (Phi) is 6.64. The van der Waals surface area contributed by atoms with Crippen molar-refractivity contribution in [1.82, 2.24) is 4.57 Å². The first kappa shape index (κ1) is 22.6. The number of rotatable bonds is 6. The topological polar surface area (TPSA) is 61.9 Å². The molecule has 3 aromatic rings. The van der Waals surface area contributed by atoms with E-state index in [1.54, 1.807) is 30.3 Å². The van der Waals surface area contributed by atoms with Crippen molar-refractivity contribution in [2.75, 3.05) is 13.7 Å². The summed E-state index contributed by atoms with van der Waals surface area (Å²) in [4.78, 5) is 27.2. The van der Waals surface area contributed by atoms with Gasteiger partial charge in [-0.15, -0.1) is 0 Å². The molecule has 0 radical (unpaired) electrons. The highest BCUT2D eigenvalue weighted by molar-refractivity contribution is 5.71. The zero-order valence-corrected chi connectivity index (χ0v) is 16.8. The predicted molar refractivity (Wildman–Crippen MR) is 110 cm³/mol. The SMILES string of the molecule is [C-]#[N+]c1c(C(F)(F)F)cc(-c2cccc(OCC(=O)OC)c2)n(Cc2ccccc2)c1=O. The van der Waals surface area contributed by atoms with E-state index in [0.717, 1.165) is 10.6 Å². The van der Waals surface area contributed by atoms with E-state index < -0.39 is 29.0 Å². The van der Waals surface area contributed by atoms with Gasteiger partial charge in [-0.1, -0.05) is 42.5 Å². The molecular formula is C23H17F3N2O4. The molecule has 2 aromatic carbocycles. The van der Waals surface area contributed by atoms with E-state index in [-0.39, 0.29) is 30.2 Å². The van der Waals surface area contributed by atoms with Gasteiger partial charge in [-0.2, -0.15) is 13.2 Å². The zero-order valence-electron chi connectivity index (χ0n) is 16.8. The lowest BCUT2D eigenvalue weighted by Gasteiger charge is -2.18. The van der Waals surface area contributed by atoms with Gasteiger partial charge in [-0.3, -0.25) is 4.79 Å². The van der Waals surface area contributed by atoms with Crippen molar-refractivity contribution in [3.8, 4) is 17.0 Å². The maximum Gasteiger partial charge on any atom is 0.407 e. The molecular weight excluding hydrogens is 425 g/mol. The number of carbonyl (C=O) groups excluding carboxylic acids is 1. The number of hydrogen-bond acceptors (Lipinski definition) is 4. The fourth-order valence-corrected chi connectivity index (χ4v) is 3.07. The van der Waals surface area contributed by atoms with Crippen LogP contribution in [0.4, 0.5) is 18.9 Å². The standard InChI is InChI=1S/C23H17F3N2O4/c1-27-21-18(23(24,25)26)12-19(28(22(21)30)13-15-7-4-3-5-8-15)16-9-6-10-17(11-16)32-14-20(29)31-2/h3-12H,13-14H2,2H3. The minimum Gasteiger partial charge on any atom is -0.482 e. The second kappa shape index (κ2) is 9.39. The van der Waals surface area contributed by atoms with Crippen molar-refractivity contribution in [1.29, 1.82) is 0 Å². The van der Waals surface area contributed by atoms with Crippen molar-refractivity contribution >= 4 is 11.7 Å². The number of halogens is 3. The van der Waals surface area contributed by atoms with Gasteiger partial charge in [0.05, 0.1) is 19.2 Å². The first-order chi connectivity index (χ1) is 15.2. The number of alkyl halides is 3. The summed E-state index contributed by atoms with van der Waals surface area (Å²) in [5, 5.41) is 0. The van der Waals surface area contributed by atoms with Crippen molar-refractivity contribution in [3.63, 3.8) is 0 Å². The number of nitrogens with zero attached hydrogens (tertiary/aromatic N) is 2. The number of aromatic nitrogens is 1. The van der Waals surface area contributed by atoms with Crippen LogP contribution in [0, 0.1) is 6.57 Å². The molecule has 0 aliphatic heterocycles. The molecule has 0 aliphatic rings. The van der Waals surface area contributed by atoms with Crippen molar-refractivity contribution < 1.29 is 27.4 Å². The smallest absolute Gasteiger partial charge is 0.407 e. The van der Waals surface area contributed by atoms with Gasteiger partial charge in [-0.05, 0) is 23.8 Å². The summed E-state index contributed by atoms with van der Waals surface area (Å²) in [6.45, 7) is 6.73. The fourth-order valence-electron chi connectivity index (χ4n) is 3.07. The number of benzene rings is 2. The Bertz CT molecular complexity index is 1230. The Hall–Kier alpha value is -4.06. The molecule has 0 aliphatic carbocycles. The molecule has 164 valence electrons. The van der Waals surface area contributed by atoms with E-state index in [1.807, 2.05) is 0 Å². The van der Waals surface area contributed by atoms with Crippen LogP contribution in [0.5, 0.6) is 5.75 Å². The van der Waals surface area contributed by atoms with Crippen LogP contribution in [0.25, 0.3) is 16.1 Å². The molecule has 0 saturated carbocycles. The molecule has 3 rings (SSSR count). The van der Waals surface area contributed by atoms with E-state index in [1.165, 1.54) is 31.4 Å². The molecule has 0 amide bonds. The minimum atomic E-state index is -4.89. The van der Waals surface area contributed by atoms with Crippen LogP contribution < -0.4 is 10.3 Å². The monoisotopic (exact) mass is 442 g/mol. The zero-order chi connectivity index (χ0) is 23.3. The lowest BCUT2D eigenvalue weighted by molar-refractivity contribution is -0.143. The second-order valence-corrected chi connectivity index (χ2v) is 6.67. The van der Waals surface area contributed by atoms with Crippen LogP contribution in [-0.2, 0) is 22.3 Å². The molecule has 0 bridgehead atoms. The molecule has 0 saturated heterocycles. The maximum atomic E-state index is 13.6. The molecule has 32 heavy (non-hydrogen) atoms. The van der Waals surface area contributed by atoms with Gasteiger partial charge in [0, 0.05) is 17.8 Å². The number of hydrogen-bond donors (Lipinski definition) is 0. The molecule has 1 aromatic heterocycles. The number of methoxy groups -OCH3 is 1. The van der Waals surface area contributed by atoms with Gasteiger partial charge >= 0.3 is 12.1 Å². The summed E-state index contributed by atoms with van der Waals surface area (Å²) in [6.07, 6.45) is -4.89. The molecule has 0 unspecified atom stereocenters. The van der Waals surface area contributed by atoms with E-state index >= 15 is 0 Å². The minimum absolute atomic E-state index is 0.0388. The third kappa shape index (κ3) is 4.98. The van der Waals surface area contributed by atoms with Gasteiger partial charge in [0.15, 0.2) is 6.61 Å².